The van der Waals surface area contributed by atoms with Crippen LogP contribution in [0.4, 0.5) is 28.0 Å². The fourth-order valence-corrected chi connectivity index (χ4v) is 3.82. The number of nitrogens with zero attached hydrogens (tertiary/aromatic N) is 1. The van der Waals surface area contributed by atoms with Gasteiger partial charge in [-0.15, -0.1) is 0 Å². The van der Waals surface area contributed by atoms with Crippen molar-refractivity contribution in [1.29, 1.82) is 0 Å². The average molecular weight is 498 g/mol. The van der Waals surface area contributed by atoms with E-state index in [1.54, 1.807) is 26.8 Å². The van der Waals surface area contributed by atoms with Crippen molar-refractivity contribution in [1.82, 2.24) is 15.2 Å². The van der Waals surface area contributed by atoms with Gasteiger partial charge in [0.2, 0.25) is 5.91 Å². The fraction of sp³-hybridized carbons (Fsp3) is 0.435. The van der Waals surface area contributed by atoms with Crippen LogP contribution in [0.2, 0.25) is 0 Å². The molecule has 0 bridgehead atoms. The van der Waals surface area contributed by atoms with Crippen LogP contribution in [0.5, 0.6) is 0 Å². The van der Waals surface area contributed by atoms with E-state index in [-0.39, 0.29) is 17.9 Å². The lowest BCUT2D eigenvalue weighted by Gasteiger charge is -2.30. The minimum absolute atomic E-state index is 0.187. The van der Waals surface area contributed by atoms with Crippen LogP contribution in [0.3, 0.4) is 0 Å². The van der Waals surface area contributed by atoms with E-state index in [4.69, 9.17) is 4.74 Å². The van der Waals surface area contributed by atoms with Gasteiger partial charge in [-0.25, -0.2) is 9.18 Å². The van der Waals surface area contributed by atoms with Crippen molar-refractivity contribution < 1.29 is 31.9 Å². The van der Waals surface area contributed by atoms with E-state index in [0.29, 0.717) is 0 Å². The van der Waals surface area contributed by atoms with E-state index in [9.17, 15) is 31.9 Å². The molecule has 0 radical (unpaired) electrons. The van der Waals surface area contributed by atoms with Gasteiger partial charge in [0.1, 0.15) is 17.5 Å². The predicted octanol–water partition coefficient (Wildman–Crippen LogP) is 3.21. The van der Waals surface area contributed by atoms with Gasteiger partial charge >= 0.3 is 12.3 Å². The highest BCUT2D eigenvalue weighted by Gasteiger charge is 2.51. The molecule has 1 aromatic carbocycles. The highest BCUT2D eigenvalue weighted by Crippen LogP contribution is 2.36. The lowest BCUT2D eigenvalue weighted by molar-refractivity contribution is -0.181. The molecule has 0 aliphatic carbocycles. The Kier molecular flexibility index (Phi) is 7.53. The number of hydrogen-bond donors (Lipinski definition) is 3. The number of alkyl halides is 3. The van der Waals surface area contributed by atoms with Crippen LogP contribution in [0.1, 0.15) is 20.8 Å². The average Bonchev–Trinajstić information content (AvgIpc) is 3.23. The van der Waals surface area contributed by atoms with Gasteiger partial charge in [0, 0.05) is 37.3 Å². The molecule has 1 aliphatic rings. The van der Waals surface area contributed by atoms with Crippen LogP contribution in [-0.4, -0.2) is 47.5 Å². The summed E-state index contributed by atoms with van der Waals surface area (Å²) in [5.41, 5.74) is -1.50. The van der Waals surface area contributed by atoms with Crippen LogP contribution in [0, 0.1) is 17.7 Å². The number of alkyl carbamates (subject to hydrolysis) is 1. The maximum absolute atomic E-state index is 14.8. The number of anilines is 1. The van der Waals surface area contributed by atoms with Gasteiger partial charge in [-0.1, -0.05) is 6.07 Å². The zero-order valence-corrected chi connectivity index (χ0v) is 19.3. The van der Waals surface area contributed by atoms with E-state index < -0.39 is 59.6 Å². The van der Waals surface area contributed by atoms with Crippen molar-refractivity contribution in [2.75, 3.05) is 18.4 Å². The van der Waals surface area contributed by atoms with Gasteiger partial charge in [0.25, 0.3) is 5.56 Å². The van der Waals surface area contributed by atoms with Crippen molar-refractivity contribution in [2.24, 2.45) is 11.8 Å². The molecule has 2 heterocycles. The number of pyridine rings is 1. The second-order valence-electron chi connectivity index (χ2n) is 9.16. The third-order valence-electron chi connectivity index (χ3n) is 5.38. The SMILES string of the molecule is CC(C)(C)OC(=O)NC(C(=O)Nc1ccc(-n2ccccc2=O)cc1F)C1CNCC1C(F)(F)F. The van der Waals surface area contributed by atoms with Crippen molar-refractivity contribution in [2.45, 2.75) is 38.6 Å². The molecule has 1 saturated heterocycles. The van der Waals surface area contributed by atoms with E-state index in [2.05, 4.69) is 16.0 Å². The Morgan fingerprint density at radius 1 is 1.14 bits per heavy atom. The maximum Gasteiger partial charge on any atom is 0.408 e. The van der Waals surface area contributed by atoms with E-state index in [1.807, 2.05) is 0 Å². The third kappa shape index (κ3) is 6.59. The summed E-state index contributed by atoms with van der Waals surface area (Å²) in [6, 6.07) is 6.27. The molecule has 190 valence electrons. The number of amides is 2. The second-order valence-corrected chi connectivity index (χ2v) is 9.16. The van der Waals surface area contributed by atoms with Crippen molar-refractivity contribution >= 4 is 17.7 Å². The first-order chi connectivity index (χ1) is 16.3. The first kappa shape index (κ1) is 26.2. The Balaban J connectivity index is 1.86. The molecular weight excluding hydrogens is 472 g/mol. The standard InChI is InChI=1S/C23H26F4N4O4/c1-22(2,3)35-21(34)30-19(14-11-28-12-15(14)23(25,26)27)20(33)29-17-8-7-13(10-16(17)24)31-9-5-4-6-18(31)32/h4-10,14-15,19,28H,11-12H2,1-3H3,(H,29,33)(H,30,34). The Morgan fingerprint density at radius 3 is 2.46 bits per heavy atom. The number of rotatable bonds is 5. The predicted molar refractivity (Wildman–Crippen MR) is 120 cm³/mol. The smallest absolute Gasteiger partial charge is 0.408 e. The number of aromatic nitrogens is 1. The molecule has 35 heavy (non-hydrogen) atoms. The molecule has 2 amide bonds. The molecule has 3 atom stereocenters. The highest BCUT2D eigenvalue weighted by atomic mass is 19.4. The summed E-state index contributed by atoms with van der Waals surface area (Å²) < 4.78 is 61.8. The lowest BCUT2D eigenvalue weighted by atomic mass is 9.87. The van der Waals surface area contributed by atoms with Crippen LogP contribution in [0.15, 0.2) is 47.4 Å². The molecule has 12 heteroatoms. The van der Waals surface area contributed by atoms with Gasteiger partial charge in [0.05, 0.1) is 17.3 Å². The van der Waals surface area contributed by atoms with Crippen molar-refractivity contribution in [3.05, 3.63) is 58.8 Å². The van der Waals surface area contributed by atoms with Crippen LogP contribution in [0.25, 0.3) is 5.69 Å². The Hall–Kier alpha value is -3.41. The number of ether oxygens (including phenoxy) is 1. The molecule has 3 N–H and O–H groups in total. The van der Waals surface area contributed by atoms with Gasteiger partial charge in [0.15, 0.2) is 0 Å². The quantitative estimate of drug-likeness (QED) is 0.550. The summed E-state index contributed by atoms with van der Waals surface area (Å²) >= 11 is 0. The molecule has 1 aromatic heterocycles. The van der Waals surface area contributed by atoms with E-state index in [0.717, 1.165) is 6.07 Å². The first-order valence-corrected chi connectivity index (χ1v) is 10.8. The molecule has 1 fully saturated rings. The molecule has 0 saturated carbocycles. The summed E-state index contributed by atoms with van der Waals surface area (Å²) in [6.07, 6.45) is -4.27. The number of hydrogen-bond acceptors (Lipinski definition) is 5. The van der Waals surface area contributed by atoms with Crippen LogP contribution in [-0.2, 0) is 9.53 Å². The number of benzene rings is 1. The zero-order chi connectivity index (χ0) is 26.0. The zero-order valence-electron chi connectivity index (χ0n) is 19.3. The Labute approximate surface area is 198 Å². The van der Waals surface area contributed by atoms with Gasteiger partial charge in [-0.3, -0.25) is 14.2 Å². The molecular formula is C23H26F4N4O4. The summed E-state index contributed by atoms with van der Waals surface area (Å²) in [5.74, 6) is -5.22. The minimum Gasteiger partial charge on any atom is -0.444 e. The van der Waals surface area contributed by atoms with Crippen molar-refractivity contribution in [3.8, 4) is 5.69 Å². The molecule has 3 unspecified atom stereocenters. The topological polar surface area (TPSA) is 101 Å². The minimum atomic E-state index is -4.63. The summed E-state index contributed by atoms with van der Waals surface area (Å²) in [7, 11) is 0. The number of halogens is 4. The molecule has 0 spiro atoms. The third-order valence-corrected chi connectivity index (χ3v) is 5.38. The Morgan fingerprint density at radius 2 is 1.86 bits per heavy atom. The molecule has 1 aliphatic heterocycles. The van der Waals surface area contributed by atoms with Gasteiger partial charge in [-0.05, 0) is 39.0 Å². The molecule has 8 nitrogen and oxygen atoms in total. The second kappa shape index (κ2) is 10.1. The highest BCUT2D eigenvalue weighted by molar-refractivity contribution is 5.97. The van der Waals surface area contributed by atoms with Crippen molar-refractivity contribution in [3.63, 3.8) is 0 Å². The summed E-state index contributed by atoms with van der Waals surface area (Å²) in [5, 5.41) is 7.07. The summed E-state index contributed by atoms with van der Waals surface area (Å²) in [4.78, 5) is 37.3. The maximum atomic E-state index is 14.8. The van der Waals surface area contributed by atoms with Gasteiger partial charge in [-0.2, -0.15) is 13.2 Å². The molecule has 3 rings (SSSR count). The Bertz CT molecular complexity index is 1140. The van der Waals surface area contributed by atoms with Crippen LogP contribution >= 0.6 is 0 Å². The first-order valence-electron chi connectivity index (χ1n) is 10.8. The van der Waals surface area contributed by atoms with E-state index in [1.165, 1.54) is 35.0 Å². The molecule has 2 aromatic rings. The van der Waals surface area contributed by atoms with E-state index >= 15 is 0 Å². The number of carbonyl (C=O) groups excluding carboxylic acids is 2. The summed E-state index contributed by atoms with van der Waals surface area (Å²) in [6.45, 7) is 4.06. The lowest BCUT2D eigenvalue weighted by Crippen LogP contribution is -2.53. The van der Waals surface area contributed by atoms with Gasteiger partial charge < -0.3 is 20.7 Å². The monoisotopic (exact) mass is 498 g/mol. The fourth-order valence-electron chi connectivity index (χ4n) is 3.82. The number of carbonyl (C=O) groups is 2. The number of nitrogens with one attached hydrogen (secondary N) is 3. The normalized spacial score (nSPS) is 19.2. The largest absolute Gasteiger partial charge is 0.444 e. The van der Waals surface area contributed by atoms with Crippen LogP contribution < -0.4 is 21.5 Å².